The summed E-state index contributed by atoms with van der Waals surface area (Å²) in [6.07, 6.45) is -4.67. The van der Waals surface area contributed by atoms with Gasteiger partial charge in [-0.2, -0.15) is 13.2 Å². The monoisotopic (exact) mass is 282 g/mol. The normalized spacial score (nSPS) is 10.9. The maximum atomic E-state index is 12.7. The Hall–Kier alpha value is -1.67. The number of nitrogens with two attached hydrogens (primary N) is 1. The summed E-state index contributed by atoms with van der Waals surface area (Å²) < 4.78 is 48.8. The van der Waals surface area contributed by atoms with Gasteiger partial charge in [0.25, 0.3) is 0 Å². The number of rotatable bonds is 2. The minimum absolute atomic E-state index is 0.262. The zero-order chi connectivity index (χ0) is 15.2. The predicted molar refractivity (Wildman–Crippen MR) is 60.8 cm³/mol. The summed E-state index contributed by atoms with van der Waals surface area (Å²) in [4.78, 5) is 10.3. The van der Waals surface area contributed by atoms with E-state index in [-0.39, 0.29) is 6.07 Å². The lowest BCUT2D eigenvalue weighted by Gasteiger charge is -2.07. The van der Waals surface area contributed by atoms with E-state index in [1.165, 1.54) is 0 Å². The highest BCUT2D eigenvalue weighted by molar-refractivity contribution is 5.88. The van der Waals surface area contributed by atoms with Crippen molar-refractivity contribution in [3.63, 3.8) is 0 Å². The summed E-state index contributed by atoms with van der Waals surface area (Å²) >= 11 is 0. The Morgan fingerprint density at radius 1 is 1.37 bits per heavy atom. The van der Waals surface area contributed by atoms with Gasteiger partial charge in [-0.3, -0.25) is 11.3 Å². The van der Waals surface area contributed by atoms with E-state index in [9.17, 15) is 22.4 Å². The third-order valence-electron chi connectivity index (χ3n) is 1.86. The molecule has 0 aromatic heterocycles. The first-order valence-electron chi connectivity index (χ1n) is 5.15. The summed E-state index contributed by atoms with van der Waals surface area (Å²) in [6.45, 7) is 3.97. The van der Waals surface area contributed by atoms with Crippen molar-refractivity contribution in [3.05, 3.63) is 35.1 Å². The van der Waals surface area contributed by atoms with Crippen LogP contribution in [0.4, 0.5) is 17.6 Å². The molecule has 0 fully saturated rings. The number of carboxylic acids is 1. The molecule has 1 rings (SSSR count). The SMILES string of the molecule is CC(C)NN.O=C(O)c1cc(C(F)(F)F)ccc1F. The van der Waals surface area contributed by atoms with Gasteiger partial charge in [-0.1, -0.05) is 0 Å². The molecule has 0 spiro atoms. The van der Waals surface area contributed by atoms with Crippen LogP contribution in [0.15, 0.2) is 18.2 Å². The van der Waals surface area contributed by atoms with Gasteiger partial charge in [0.05, 0.1) is 11.1 Å². The molecule has 0 saturated carbocycles. The van der Waals surface area contributed by atoms with E-state index in [0.29, 0.717) is 18.2 Å². The lowest BCUT2D eigenvalue weighted by atomic mass is 10.1. The van der Waals surface area contributed by atoms with Crippen LogP contribution in [0.1, 0.15) is 29.8 Å². The molecule has 19 heavy (non-hydrogen) atoms. The Bertz CT molecular complexity index is 433. The number of carboxylic acid groups (broad SMARTS) is 1. The van der Waals surface area contributed by atoms with Crippen molar-refractivity contribution in [3.8, 4) is 0 Å². The molecule has 0 saturated heterocycles. The molecule has 1 aromatic rings. The van der Waals surface area contributed by atoms with E-state index in [4.69, 9.17) is 10.9 Å². The highest BCUT2D eigenvalue weighted by atomic mass is 19.4. The highest BCUT2D eigenvalue weighted by Crippen LogP contribution is 2.30. The molecule has 4 N–H and O–H groups in total. The van der Waals surface area contributed by atoms with Crippen molar-refractivity contribution >= 4 is 5.97 Å². The predicted octanol–water partition coefficient (Wildman–Crippen LogP) is 2.40. The first kappa shape index (κ1) is 17.3. The van der Waals surface area contributed by atoms with Gasteiger partial charge in [-0.05, 0) is 32.0 Å². The Kier molecular flexibility index (Phi) is 6.43. The average Bonchev–Trinajstić information content (AvgIpc) is 2.28. The minimum atomic E-state index is -4.67. The van der Waals surface area contributed by atoms with Crippen LogP contribution in [0.2, 0.25) is 0 Å². The number of hydrogen-bond donors (Lipinski definition) is 3. The molecular weight excluding hydrogens is 268 g/mol. The van der Waals surface area contributed by atoms with Gasteiger partial charge >= 0.3 is 12.1 Å². The number of aromatic carboxylic acids is 1. The summed E-state index contributed by atoms with van der Waals surface area (Å²) in [7, 11) is 0. The Balaban J connectivity index is 0.000000555. The van der Waals surface area contributed by atoms with Crippen LogP contribution >= 0.6 is 0 Å². The van der Waals surface area contributed by atoms with Gasteiger partial charge in [0.1, 0.15) is 5.82 Å². The van der Waals surface area contributed by atoms with E-state index in [0.717, 1.165) is 0 Å². The topological polar surface area (TPSA) is 75.3 Å². The molecule has 8 heteroatoms. The summed E-state index contributed by atoms with van der Waals surface area (Å²) in [6, 6.07) is 1.64. The number of alkyl halides is 3. The van der Waals surface area contributed by atoms with E-state index >= 15 is 0 Å². The second-order valence-electron chi connectivity index (χ2n) is 3.82. The van der Waals surface area contributed by atoms with Crippen LogP contribution in [-0.4, -0.2) is 17.1 Å². The maximum absolute atomic E-state index is 12.7. The van der Waals surface area contributed by atoms with Crippen LogP contribution in [0.3, 0.4) is 0 Å². The van der Waals surface area contributed by atoms with Crippen LogP contribution in [-0.2, 0) is 6.18 Å². The molecule has 0 radical (unpaired) electrons. The number of halogens is 4. The Morgan fingerprint density at radius 3 is 2.16 bits per heavy atom. The molecule has 0 unspecified atom stereocenters. The molecule has 0 aliphatic rings. The zero-order valence-corrected chi connectivity index (χ0v) is 10.3. The third-order valence-corrected chi connectivity index (χ3v) is 1.86. The van der Waals surface area contributed by atoms with Crippen LogP contribution < -0.4 is 11.3 Å². The molecule has 108 valence electrons. The van der Waals surface area contributed by atoms with Gasteiger partial charge in [0.2, 0.25) is 0 Å². The quantitative estimate of drug-likeness (QED) is 0.442. The van der Waals surface area contributed by atoms with E-state index < -0.39 is 29.1 Å². The van der Waals surface area contributed by atoms with Gasteiger partial charge in [-0.15, -0.1) is 0 Å². The van der Waals surface area contributed by atoms with Crippen LogP contribution in [0.25, 0.3) is 0 Å². The summed E-state index contributed by atoms with van der Waals surface area (Å²) in [5, 5.41) is 8.35. The summed E-state index contributed by atoms with van der Waals surface area (Å²) in [5.41, 5.74) is 0.358. The first-order valence-corrected chi connectivity index (χ1v) is 5.15. The Morgan fingerprint density at radius 2 is 1.84 bits per heavy atom. The van der Waals surface area contributed by atoms with Crippen molar-refractivity contribution < 1.29 is 27.5 Å². The zero-order valence-electron chi connectivity index (χ0n) is 10.3. The fourth-order valence-corrected chi connectivity index (χ4v) is 0.865. The second kappa shape index (κ2) is 7.05. The Labute approximate surface area is 107 Å². The molecule has 0 aliphatic carbocycles. The molecule has 0 atom stereocenters. The van der Waals surface area contributed by atoms with Crippen molar-refractivity contribution in [2.75, 3.05) is 0 Å². The van der Waals surface area contributed by atoms with E-state index in [2.05, 4.69) is 5.43 Å². The van der Waals surface area contributed by atoms with Crippen LogP contribution in [0.5, 0.6) is 0 Å². The maximum Gasteiger partial charge on any atom is 0.416 e. The first-order chi connectivity index (χ1) is 8.59. The molecule has 0 bridgehead atoms. The number of hydrazine groups is 1. The van der Waals surface area contributed by atoms with Gasteiger partial charge in [-0.25, -0.2) is 9.18 Å². The number of carbonyl (C=O) groups is 1. The lowest BCUT2D eigenvalue weighted by molar-refractivity contribution is -0.137. The molecule has 0 amide bonds. The molecule has 1 aromatic carbocycles. The van der Waals surface area contributed by atoms with Crippen LogP contribution in [0, 0.1) is 5.82 Å². The fourth-order valence-electron chi connectivity index (χ4n) is 0.865. The largest absolute Gasteiger partial charge is 0.478 e. The second-order valence-corrected chi connectivity index (χ2v) is 3.82. The van der Waals surface area contributed by atoms with E-state index in [1.807, 2.05) is 13.8 Å². The highest BCUT2D eigenvalue weighted by Gasteiger charge is 2.31. The van der Waals surface area contributed by atoms with Crippen molar-refractivity contribution in [1.82, 2.24) is 5.43 Å². The molecule has 0 heterocycles. The van der Waals surface area contributed by atoms with Gasteiger partial charge in [0, 0.05) is 6.04 Å². The molecule has 4 nitrogen and oxygen atoms in total. The molecule has 0 aliphatic heterocycles. The van der Waals surface area contributed by atoms with Gasteiger partial charge in [0.15, 0.2) is 0 Å². The fraction of sp³-hybridized carbons (Fsp3) is 0.364. The number of nitrogens with one attached hydrogen (secondary N) is 1. The van der Waals surface area contributed by atoms with Crippen molar-refractivity contribution in [1.29, 1.82) is 0 Å². The molecular formula is C11H14F4N2O2. The van der Waals surface area contributed by atoms with E-state index in [1.54, 1.807) is 0 Å². The smallest absolute Gasteiger partial charge is 0.416 e. The number of hydrogen-bond acceptors (Lipinski definition) is 3. The average molecular weight is 282 g/mol. The van der Waals surface area contributed by atoms with Crippen molar-refractivity contribution in [2.45, 2.75) is 26.1 Å². The van der Waals surface area contributed by atoms with Crippen molar-refractivity contribution in [2.24, 2.45) is 5.84 Å². The lowest BCUT2D eigenvalue weighted by Crippen LogP contribution is -2.29. The minimum Gasteiger partial charge on any atom is -0.478 e. The third kappa shape index (κ3) is 6.16. The number of benzene rings is 1. The summed E-state index contributed by atoms with van der Waals surface area (Å²) in [5.74, 6) is 2.00. The standard InChI is InChI=1S/C8H4F4O2.C3H10N2/c9-6-2-1-4(8(10,11)12)3-5(6)7(13)14;1-3(2)5-4/h1-3H,(H,13,14);3,5H,4H2,1-2H3. The van der Waals surface area contributed by atoms with Gasteiger partial charge < -0.3 is 5.11 Å².